The molecule has 0 heterocycles. The van der Waals surface area contributed by atoms with Crippen molar-refractivity contribution >= 4 is 11.4 Å². The Hall–Kier alpha value is -1.96. The molecule has 21 heavy (non-hydrogen) atoms. The normalized spacial score (nSPS) is 21.8. The average Bonchev–Trinajstić information content (AvgIpc) is 2.56. The van der Waals surface area contributed by atoms with Gasteiger partial charge in [0, 0.05) is 30.5 Å². The van der Waals surface area contributed by atoms with E-state index in [-0.39, 0.29) is 0 Å². The van der Waals surface area contributed by atoms with Crippen LogP contribution in [0.2, 0.25) is 0 Å². The quantitative estimate of drug-likeness (QED) is 0.884. The maximum absolute atomic E-state index is 3.74. The standard InChI is InChI=1S/C19H24N2/c1-21(17-12-6-3-7-13-17)19-15-9-8-14-18(19)20-16-10-4-2-5-11-16/h2-7,10-13,18-20H,8-9,14-15H2,1H3/t18-,19-/m1/s1. The molecule has 0 aliphatic heterocycles. The summed E-state index contributed by atoms with van der Waals surface area (Å²) in [6.07, 6.45) is 5.16. The summed E-state index contributed by atoms with van der Waals surface area (Å²) < 4.78 is 0. The number of hydrogen-bond donors (Lipinski definition) is 1. The van der Waals surface area contributed by atoms with Crippen LogP contribution in [0.4, 0.5) is 11.4 Å². The molecule has 0 radical (unpaired) electrons. The van der Waals surface area contributed by atoms with Crippen LogP contribution in [0.1, 0.15) is 25.7 Å². The number of rotatable bonds is 4. The van der Waals surface area contributed by atoms with Gasteiger partial charge in [0.2, 0.25) is 0 Å². The zero-order valence-corrected chi connectivity index (χ0v) is 12.7. The number of para-hydroxylation sites is 2. The molecule has 2 heteroatoms. The fourth-order valence-corrected chi connectivity index (χ4v) is 3.35. The Bertz CT molecular complexity index is 538. The highest BCUT2D eigenvalue weighted by molar-refractivity contribution is 5.49. The van der Waals surface area contributed by atoms with Gasteiger partial charge in [-0.25, -0.2) is 0 Å². The number of nitrogens with one attached hydrogen (secondary N) is 1. The number of nitrogens with zero attached hydrogens (tertiary/aromatic N) is 1. The SMILES string of the molecule is CN(c1ccccc1)[C@@H]1CCCC[C@H]1Nc1ccccc1. The van der Waals surface area contributed by atoms with Crippen molar-refractivity contribution in [3.63, 3.8) is 0 Å². The highest BCUT2D eigenvalue weighted by Crippen LogP contribution is 2.28. The van der Waals surface area contributed by atoms with Crippen molar-refractivity contribution in [1.82, 2.24) is 0 Å². The predicted molar refractivity (Wildman–Crippen MR) is 91.0 cm³/mol. The summed E-state index contributed by atoms with van der Waals surface area (Å²) in [5, 5.41) is 3.74. The Morgan fingerprint density at radius 3 is 2.19 bits per heavy atom. The van der Waals surface area contributed by atoms with Crippen molar-refractivity contribution in [1.29, 1.82) is 0 Å². The summed E-state index contributed by atoms with van der Waals surface area (Å²) in [4.78, 5) is 2.44. The van der Waals surface area contributed by atoms with Crippen molar-refractivity contribution in [2.45, 2.75) is 37.8 Å². The van der Waals surface area contributed by atoms with Gasteiger partial charge in [0.25, 0.3) is 0 Å². The maximum Gasteiger partial charge on any atom is 0.0488 e. The van der Waals surface area contributed by atoms with Crippen LogP contribution in [0.15, 0.2) is 60.7 Å². The third-order valence-electron chi connectivity index (χ3n) is 4.52. The van der Waals surface area contributed by atoms with Gasteiger partial charge in [-0.15, -0.1) is 0 Å². The lowest BCUT2D eigenvalue weighted by molar-refractivity contribution is 0.392. The van der Waals surface area contributed by atoms with Crippen LogP contribution in [0.5, 0.6) is 0 Å². The summed E-state index contributed by atoms with van der Waals surface area (Å²) in [5.74, 6) is 0. The lowest BCUT2D eigenvalue weighted by Crippen LogP contribution is -2.47. The molecular formula is C19H24N2. The van der Waals surface area contributed by atoms with Gasteiger partial charge in [0.1, 0.15) is 0 Å². The van der Waals surface area contributed by atoms with Crippen LogP contribution in [0.25, 0.3) is 0 Å². The topological polar surface area (TPSA) is 15.3 Å². The minimum atomic E-state index is 0.520. The fourth-order valence-electron chi connectivity index (χ4n) is 3.35. The van der Waals surface area contributed by atoms with Crippen molar-refractivity contribution in [2.75, 3.05) is 17.3 Å². The number of anilines is 2. The number of hydrogen-bond acceptors (Lipinski definition) is 2. The zero-order chi connectivity index (χ0) is 14.5. The molecule has 2 atom stereocenters. The maximum atomic E-state index is 3.74. The summed E-state index contributed by atoms with van der Waals surface area (Å²) in [7, 11) is 2.23. The van der Waals surface area contributed by atoms with E-state index < -0.39 is 0 Å². The molecule has 110 valence electrons. The second-order valence-electron chi connectivity index (χ2n) is 5.92. The van der Waals surface area contributed by atoms with Gasteiger partial charge in [-0.3, -0.25) is 0 Å². The van der Waals surface area contributed by atoms with Crippen LogP contribution in [0.3, 0.4) is 0 Å². The Kier molecular flexibility index (Phi) is 4.44. The minimum absolute atomic E-state index is 0.520. The summed E-state index contributed by atoms with van der Waals surface area (Å²) in [6, 6.07) is 22.4. The van der Waals surface area contributed by atoms with Crippen molar-refractivity contribution in [3.05, 3.63) is 60.7 Å². The highest BCUT2D eigenvalue weighted by atomic mass is 15.2. The van der Waals surface area contributed by atoms with Crippen LogP contribution in [-0.4, -0.2) is 19.1 Å². The third kappa shape index (κ3) is 3.38. The molecule has 0 spiro atoms. The van der Waals surface area contributed by atoms with Crippen molar-refractivity contribution < 1.29 is 0 Å². The molecule has 1 aliphatic rings. The zero-order valence-electron chi connectivity index (χ0n) is 12.7. The molecule has 0 amide bonds. The monoisotopic (exact) mass is 280 g/mol. The largest absolute Gasteiger partial charge is 0.380 e. The first-order valence-electron chi connectivity index (χ1n) is 7.94. The minimum Gasteiger partial charge on any atom is -0.380 e. The van der Waals surface area contributed by atoms with Crippen molar-refractivity contribution in [3.8, 4) is 0 Å². The van der Waals surface area contributed by atoms with Crippen LogP contribution >= 0.6 is 0 Å². The molecule has 1 aliphatic carbocycles. The van der Waals surface area contributed by atoms with Gasteiger partial charge in [0.05, 0.1) is 0 Å². The van der Waals surface area contributed by atoms with E-state index in [1.54, 1.807) is 0 Å². The molecule has 0 aromatic heterocycles. The van der Waals surface area contributed by atoms with E-state index in [2.05, 4.69) is 77.9 Å². The number of likely N-dealkylation sites (N-methyl/N-ethyl adjacent to an activating group) is 1. The molecule has 1 saturated carbocycles. The van der Waals surface area contributed by atoms with E-state index in [1.807, 2.05) is 0 Å². The molecule has 1 N–H and O–H groups in total. The molecule has 0 unspecified atom stereocenters. The molecular weight excluding hydrogens is 256 g/mol. The summed E-state index contributed by atoms with van der Waals surface area (Å²) in [6.45, 7) is 0. The van der Waals surface area contributed by atoms with Gasteiger partial charge in [-0.2, -0.15) is 0 Å². The second-order valence-corrected chi connectivity index (χ2v) is 5.92. The molecule has 1 fully saturated rings. The summed E-state index contributed by atoms with van der Waals surface area (Å²) in [5.41, 5.74) is 2.54. The first kappa shape index (κ1) is 14.0. The lowest BCUT2D eigenvalue weighted by Gasteiger charge is -2.40. The van der Waals surface area contributed by atoms with Gasteiger partial charge in [-0.05, 0) is 37.1 Å². The first-order valence-corrected chi connectivity index (χ1v) is 7.94. The van der Waals surface area contributed by atoms with E-state index in [0.717, 1.165) is 0 Å². The molecule has 3 rings (SSSR count). The summed E-state index contributed by atoms with van der Waals surface area (Å²) >= 11 is 0. The molecule has 2 nitrogen and oxygen atoms in total. The second kappa shape index (κ2) is 6.66. The fraction of sp³-hybridized carbons (Fsp3) is 0.368. The van der Waals surface area contributed by atoms with Gasteiger partial charge >= 0.3 is 0 Å². The predicted octanol–water partition coefficient (Wildman–Crippen LogP) is 4.55. The average molecular weight is 280 g/mol. The van der Waals surface area contributed by atoms with E-state index in [0.29, 0.717) is 12.1 Å². The Labute approximate surface area is 127 Å². The third-order valence-corrected chi connectivity index (χ3v) is 4.52. The van der Waals surface area contributed by atoms with E-state index in [1.165, 1.54) is 37.1 Å². The highest BCUT2D eigenvalue weighted by Gasteiger charge is 2.28. The Morgan fingerprint density at radius 1 is 0.857 bits per heavy atom. The smallest absolute Gasteiger partial charge is 0.0488 e. The van der Waals surface area contributed by atoms with Gasteiger partial charge < -0.3 is 10.2 Å². The Morgan fingerprint density at radius 2 is 1.48 bits per heavy atom. The Balaban J connectivity index is 1.75. The van der Waals surface area contributed by atoms with Crippen molar-refractivity contribution in [2.24, 2.45) is 0 Å². The molecule has 0 saturated heterocycles. The van der Waals surface area contributed by atoms with Crippen LogP contribution in [0, 0.1) is 0 Å². The van der Waals surface area contributed by atoms with Crippen LogP contribution in [-0.2, 0) is 0 Å². The number of benzene rings is 2. The van der Waals surface area contributed by atoms with Gasteiger partial charge in [0.15, 0.2) is 0 Å². The molecule has 0 bridgehead atoms. The molecule has 2 aromatic rings. The molecule has 2 aromatic carbocycles. The van der Waals surface area contributed by atoms with E-state index >= 15 is 0 Å². The van der Waals surface area contributed by atoms with Crippen LogP contribution < -0.4 is 10.2 Å². The van der Waals surface area contributed by atoms with Gasteiger partial charge in [-0.1, -0.05) is 49.2 Å². The van der Waals surface area contributed by atoms with E-state index in [9.17, 15) is 0 Å². The van der Waals surface area contributed by atoms with E-state index in [4.69, 9.17) is 0 Å². The lowest BCUT2D eigenvalue weighted by atomic mass is 9.89. The first-order chi connectivity index (χ1) is 10.3.